The smallest absolute Gasteiger partial charge is 0.258 e. The molecule has 2 aromatic rings. The second-order valence-electron chi connectivity index (χ2n) is 6.54. The highest BCUT2D eigenvalue weighted by molar-refractivity contribution is 5.98. The van der Waals surface area contributed by atoms with Gasteiger partial charge in [-0.3, -0.25) is 4.79 Å². The predicted octanol–water partition coefficient (Wildman–Crippen LogP) is 3.86. The van der Waals surface area contributed by atoms with Crippen molar-refractivity contribution in [2.45, 2.75) is 32.4 Å². The topological polar surface area (TPSA) is 38.8 Å². The predicted molar refractivity (Wildman–Crippen MR) is 91.1 cm³/mol. The molecule has 1 amide bonds. The van der Waals surface area contributed by atoms with E-state index in [0.29, 0.717) is 29.5 Å². The van der Waals surface area contributed by atoms with Gasteiger partial charge in [-0.1, -0.05) is 36.4 Å². The molecule has 1 aliphatic heterocycles. The van der Waals surface area contributed by atoms with Crippen molar-refractivity contribution in [1.82, 2.24) is 4.90 Å². The van der Waals surface area contributed by atoms with E-state index in [1.54, 1.807) is 0 Å². The maximum Gasteiger partial charge on any atom is 0.258 e. The second-order valence-corrected chi connectivity index (χ2v) is 6.54. The minimum Gasteiger partial charge on any atom is -0.454 e. The number of rotatable bonds is 5. The molecule has 4 nitrogen and oxygen atoms in total. The van der Waals surface area contributed by atoms with Crippen LogP contribution in [0.3, 0.4) is 0 Å². The van der Waals surface area contributed by atoms with Crippen LogP contribution in [0.15, 0.2) is 48.5 Å². The molecule has 24 heavy (non-hydrogen) atoms. The lowest BCUT2D eigenvalue weighted by atomic mass is 10.1. The van der Waals surface area contributed by atoms with Gasteiger partial charge in [0.05, 0.1) is 5.56 Å². The van der Waals surface area contributed by atoms with Crippen molar-refractivity contribution in [2.24, 2.45) is 5.92 Å². The molecule has 1 unspecified atom stereocenters. The molecule has 0 spiro atoms. The van der Waals surface area contributed by atoms with Crippen LogP contribution in [0.25, 0.3) is 0 Å². The lowest BCUT2D eigenvalue weighted by molar-refractivity contribution is 0.0649. The minimum atomic E-state index is 0.0144. The molecule has 1 saturated carbocycles. The van der Waals surface area contributed by atoms with Crippen molar-refractivity contribution in [2.75, 3.05) is 6.79 Å². The normalized spacial score (nSPS) is 16.7. The Hall–Kier alpha value is -2.49. The Morgan fingerprint density at radius 1 is 1.12 bits per heavy atom. The lowest BCUT2D eigenvalue weighted by Crippen LogP contribution is -2.39. The van der Waals surface area contributed by atoms with Gasteiger partial charge in [0.15, 0.2) is 11.5 Å². The summed E-state index contributed by atoms with van der Waals surface area (Å²) in [7, 11) is 0. The fourth-order valence-electron chi connectivity index (χ4n) is 3.27. The zero-order valence-corrected chi connectivity index (χ0v) is 13.8. The van der Waals surface area contributed by atoms with E-state index >= 15 is 0 Å². The Morgan fingerprint density at radius 3 is 2.67 bits per heavy atom. The van der Waals surface area contributed by atoms with Gasteiger partial charge in [-0.15, -0.1) is 0 Å². The number of carbonyl (C=O) groups is 1. The van der Waals surface area contributed by atoms with E-state index in [0.717, 1.165) is 5.56 Å². The summed E-state index contributed by atoms with van der Waals surface area (Å²) in [6.07, 6.45) is 2.40. The SMILES string of the molecule is CC(C1CC1)N(Cc1ccccc1)C(=O)c1cccc2c1OCO2. The summed E-state index contributed by atoms with van der Waals surface area (Å²) >= 11 is 0. The van der Waals surface area contributed by atoms with E-state index in [1.165, 1.54) is 12.8 Å². The summed E-state index contributed by atoms with van der Waals surface area (Å²) in [5, 5.41) is 0. The minimum absolute atomic E-state index is 0.0144. The Morgan fingerprint density at radius 2 is 1.92 bits per heavy atom. The van der Waals surface area contributed by atoms with Crippen LogP contribution in [0.5, 0.6) is 11.5 Å². The van der Waals surface area contributed by atoms with Crippen LogP contribution in [0, 0.1) is 5.92 Å². The van der Waals surface area contributed by atoms with Gasteiger partial charge in [-0.2, -0.15) is 0 Å². The number of para-hydroxylation sites is 1. The zero-order valence-electron chi connectivity index (χ0n) is 13.8. The van der Waals surface area contributed by atoms with Crippen LogP contribution >= 0.6 is 0 Å². The van der Waals surface area contributed by atoms with Gasteiger partial charge >= 0.3 is 0 Å². The quantitative estimate of drug-likeness (QED) is 0.839. The fourth-order valence-corrected chi connectivity index (χ4v) is 3.27. The molecule has 1 heterocycles. The van der Waals surface area contributed by atoms with E-state index in [1.807, 2.05) is 41.3 Å². The van der Waals surface area contributed by atoms with Gasteiger partial charge in [0, 0.05) is 12.6 Å². The summed E-state index contributed by atoms with van der Waals surface area (Å²) < 4.78 is 11.0. The fraction of sp³-hybridized carbons (Fsp3) is 0.350. The van der Waals surface area contributed by atoms with Gasteiger partial charge in [-0.25, -0.2) is 0 Å². The molecule has 0 saturated heterocycles. The number of hydrogen-bond donors (Lipinski definition) is 0. The van der Waals surface area contributed by atoms with Gasteiger partial charge in [-0.05, 0) is 43.4 Å². The number of amides is 1. The Balaban J connectivity index is 1.65. The highest BCUT2D eigenvalue weighted by Gasteiger charge is 2.36. The summed E-state index contributed by atoms with van der Waals surface area (Å²) in [5.41, 5.74) is 1.73. The third kappa shape index (κ3) is 2.84. The van der Waals surface area contributed by atoms with Crippen molar-refractivity contribution < 1.29 is 14.3 Å². The summed E-state index contributed by atoms with van der Waals surface area (Å²) in [6.45, 7) is 2.94. The monoisotopic (exact) mass is 323 g/mol. The molecule has 0 radical (unpaired) electrons. The average molecular weight is 323 g/mol. The van der Waals surface area contributed by atoms with Crippen LogP contribution in [-0.4, -0.2) is 23.6 Å². The summed E-state index contributed by atoms with van der Waals surface area (Å²) in [4.78, 5) is 15.2. The molecule has 1 fully saturated rings. The third-order valence-electron chi connectivity index (χ3n) is 4.88. The van der Waals surface area contributed by atoms with Gasteiger partial charge in [0.2, 0.25) is 6.79 Å². The molecular formula is C20H21NO3. The van der Waals surface area contributed by atoms with Gasteiger partial charge in [0.25, 0.3) is 5.91 Å². The highest BCUT2D eigenvalue weighted by atomic mass is 16.7. The lowest BCUT2D eigenvalue weighted by Gasteiger charge is -2.30. The molecule has 4 rings (SSSR count). The van der Waals surface area contributed by atoms with Crippen molar-refractivity contribution in [3.05, 3.63) is 59.7 Å². The molecule has 124 valence electrons. The van der Waals surface area contributed by atoms with E-state index in [9.17, 15) is 4.79 Å². The summed E-state index contributed by atoms with van der Waals surface area (Å²) in [6, 6.07) is 15.9. The third-order valence-corrected chi connectivity index (χ3v) is 4.88. The number of hydrogen-bond acceptors (Lipinski definition) is 3. The maximum atomic E-state index is 13.3. The first-order valence-electron chi connectivity index (χ1n) is 8.47. The Bertz CT molecular complexity index is 740. The van der Waals surface area contributed by atoms with E-state index in [4.69, 9.17) is 9.47 Å². The van der Waals surface area contributed by atoms with Crippen molar-refractivity contribution in [3.8, 4) is 11.5 Å². The molecule has 2 aliphatic rings. The number of fused-ring (bicyclic) bond motifs is 1. The van der Waals surface area contributed by atoms with Crippen molar-refractivity contribution in [3.63, 3.8) is 0 Å². The molecular weight excluding hydrogens is 302 g/mol. The Kier molecular flexibility index (Phi) is 3.89. The molecule has 1 atom stereocenters. The standard InChI is InChI=1S/C20H21NO3/c1-14(16-10-11-16)21(12-15-6-3-2-4-7-15)20(22)17-8-5-9-18-19(17)24-13-23-18/h2-9,14,16H,10-13H2,1H3. The number of benzene rings is 2. The second kappa shape index (κ2) is 6.19. The largest absolute Gasteiger partial charge is 0.454 e. The zero-order chi connectivity index (χ0) is 16.5. The van der Waals surface area contributed by atoms with Gasteiger partial charge in [0.1, 0.15) is 0 Å². The van der Waals surface area contributed by atoms with Crippen LogP contribution in [0.4, 0.5) is 0 Å². The summed E-state index contributed by atoms with van der Waals surface area (Å²) in [5.74, 6) is 1.84. The van der Waals surface area contributed by atoms with E-state index in [-0.39, 0.29) is 18.7 Å². The number of ether oxygens (including phenoxy) is 2. The number of carbonyl (C=O) groups excluding carboxylic acids is 1. The molecule has 0 N–H and O–H groups in total. The number of nitrogens with zero attached hydrogens (tertiary/aromatic N) is 1. The molecule has 4 heteroatoms. The molecule has 2 aromatic carbocycles. The first kappa shape index (κ1) is 15.1. The van der Waals surface area contributed by atoms with Gasteiger partial charge < -0.3 is 14.4 Å². The first-order chi connectivity index (χ1) is 11.7. The van der Waals surface area contributed by atoms with E-state index in [2.05, 4.69) is 19.1 Å². The van der Waals surface area contributed by atoms with Crippen LogP contribution in [-0.2, 0) is 6.54 Å². The maximum absolute atomic E-state index is 13.3. The highest BCUT2D eigenvalue weighted by Crippen LogP contribution is 2.39. The molecule has 1 aliphatic carbocycles. The molecule has 0 bridgehead atoms. The Labute approximate surface area is 142 Å². The van der Waals surface area contributed by atoms with Crippen LogP contribution < -0.4 is 9.47 Å². The van der Waals surface area contributed by atoms with Crippen LogP contribution in [0.2, 0.25) is 0 Å². The average Bonchev–Trinajstić information content (AvgIpc) is 3.36. The molecule has 0 aromatic heterocycles. The first-order valence-corrected chi connectivity index (χ1v) is 8.47. The van der Waals surface area contributed by atoms with Crippen LogP contribution in [0.1, 0.15) is 35.7 Å². The van der Waals surface area contributed by atoms with Crippen molar-refractivity contribution >= 4 is 5.91 Å². The van der Waals surface area contributed by atoms with E-state index < -0.39 is 0 Å². The van der Waals surface area contributed by atoms with Crippen molar-refractivity contribution in [1.29, 1.82) is 0 Å².